The molecular weight excluding hydrogens is 322 g/mol. The van der Waals surface area contributed by atoms with Crippen LogP contribution in [-0.2, 0) is 20.7 Å². The molecule has 1 atom stereocenters. The Hall–Kier alpha value is -2.24. The number of amides is 1. The molecule has 1 rings (SSSR count). The van der Waals surface area contributed by atoms with Crippen LogP contribution in [0.4, 0.5) is 4.79 Å². The minimum Gasteiger partial charge on any atom is -0.494 e. The molecule has 6 nitrogen and oxygen atoms in total. The van der Waals surface area contributed by atoms with Gasteiger partial charge in [0.2, 0.25) is 0 Å². The molecule has 1 aromatic rings. The molecule has 0 heterocycles. The third-order valence-electron chi connectivity index (χ3n) is 3.31. The van der Waals surface area contributed by atoms with Gasteiger partial charge in [0.15, 0.2) is 0 Å². The van der Waals surface area contributed by atoms with Gasteiger partial charge >= 0.3 is 12.1 Å². The van der Waals surface area contributed by atoms with Crippen molar-refractivity contribution in [2.24, 2.45) is 0 Å². The predicted octanol–water partition coefficient (Wildman–Crippen LogP) is 3.47. The lowest BCUT2D eigenvalue weighted by atomic mass is 10.1. The number of methoxy groups -OCH3 is 1. The van der Waals surface area contributed by atoms with Gasteiger partial charge in [-0.15, -0.1) is 0 Å². The van der Waals surface area contributed by atoms with Crippen LogP contribution >= 0.6 is 0 Å². The van der Waals surface area contributed by atoms with E-state index in [1.165, 1.54) is 7.11 Å². The highest BCUT2D eigenvalue weighted by Crippen LogP contribution is 2.15. The first-order valence-electron chi connectivity index (χ1n) is 8.54. The maximum atomic E-state index is 11.9. The van der Waals surface area contributed by atoms with E-state index in [1.54, 1.807) is 20.8 Å². The predicted molar refractivity (Wildman–Crippen MR) is 95.7 cm³/mol. The molecule has 0 saturated carbocycles. The summed E-state index contributed by atoms with van der Waals surface area (Å²) in [5, 5.41) is 2.56. The van der Waals surface area contributed by atoms with Crippen molar-refractivity contribution >= 4 is 12.1 Å². The van der Waals surface area contributed by atoms with Crippen LogP contribution in [0.1, 0.15) is 46.1 Å². The minimum atomic E-state index is -0.813. The van der Waals surface area contributed by atoms with Crippen LogP contribution in [0.25, 0.3) is 0 Å². The Morgan fingerprint density at radius 1 is 1.16 bits per heavy atom. The molecule has 0 aliphatic rings. The van der Waals surface area contributed by atoms with Crippen LogP contribution in [0.15, 0.2) is 24.3 Å². The second-order valence-electron chi connectivity index (χ2n) is 6.77. The number of alkyl carbamates (subject to hydrolysis) is 1. The maximum absolute atomic E-state index is 11.9. The van der Waals surface area contributed by atoms with Crippen molar-refractivity contribution in [3.8, 4) is 5.75 Å². The van der Waals surface area contributed by atoms with Crippen molar-refractivity contribution in [2.75, 3.05) is 13.7 Å². The fraction of sp³-hybridized carbons (Fsp3) is 0.579. The second kappa shape index (κ2) is 9.91. The average molecular weight is 351 g/mol. The molecule has 1 aromatic carbocycles. The molecule has 0 aromatic heterocycles. The van der Waals surface area contributed by atoms with Gasteiger partial charge in [-0.25, -0.2) is 9.59 Å². The van der Waals surface area contributed by atoms with Gasteiger partial charge in [-0.05, 0) is 44.9 Å². The number of carbonyl (C=O) groups is 2. The van der Waals surface area contributed by atoms with Gasteiger partial charge in [-0.2, -0.15) is 0 Å². The molecule has 0 fully saturated rings. The van der Waals surface area contributed by atoms with E-state index in [0.717, 1.165) is 24.2 Å². The van der Waals surface area contributed by atoms with E-state index in [2.05, 4.69) is 12.2 Å². The molecule has 0 saturated heterocycles. The molecule has 1 unspecified atom stereocenters. The Morgan fingerprint density at radius 3 is 2.32 bits per heavy atom. The number of nitrogens with one attached hydrogen (secondary N) is 1. The quantitative estimate of drug-likeness (QED) is 0.573. The van der Waals surface area contributed by atoms with Crippen LogP contribution in [0.5, 0.6) is 5.75 Å². The molecule has 0 aliphatic heterocycles. The molecule has 1 amide bonds. The standard InChI is InChI=1S/C19H29NO5/c1-6-7-12-24-15-10-8-14(9-11-15)13-16(17(21)23-5)20-18(22)25-19(2,3)4/h8-11,16H,6-7,12-13H2,1-5H3,(H,20,22). The Labute approximate surface area is 149 Å². The summed E-state index contributed by atoms with van der Waals surface area (Å²) in [6.45, 7) is 8.07. The number of ether oxygens (including phenoxy) is 3. The summed E-state index contributed by atoms with van der Waals surface area (Å²) in [6.07, 6.45) is 1.74. The van der Waals surface area contributed by atoms with Crippen LogP contribution in [0.3, 0.4) is 0 Å². The van der Waals surface area contributed by atoms with E-state index in [0.29, 0.717) is 13.0 Å². The van der Waals surface area contributed by atoms with Crippen molar-refractivity contribution in [1.82, 2.24) is 5.32 Å². The average Bonchev–Trinajstić information content (AvgIpc) is 2.53. The zero-order valence-electron chi connectivity index (χ0n) is 15.8. The molecule has 140 valence electrons. The number of esters is 1. The lowest BCUT2D eigenvalue weighted by Crippen LogP contribution is -2.45. The summed E-state index contributed by atoms with van der Waals surface area (Å²) in [6, 6.07) is 6.63. The Balaban J connectivity index is 2.68. The van der Waals surface area contributed by atoms with E-state index < -0.39 is 23.7 Å². The zero-order valence-corrected chi connectivity index (χ0v) is 15.8. The first-order valence-corrected chi connectivity index (χ1v) is 8.54. The molecule has 0 radical (unpaired) electrons. The molecule has 0 spiro atoms. The molecular formula is C19H29NO5. The molecule has 0 aliphatic carbocycles. The lowest BCUT2D eigenvalue weighted by Gasteiger charge is -2.22. The smallest absolute Gasteiger partial charge is 0.408 e. The van der Waals surface area contributed by atoms with Crippen molar-refractivity contribution in [3.63, 3.8) is 0 Å². The van der Waals surface area contributed by atoms with Crippen LogP contribution in [-0.4, -0.2) is 37.4 Å². The molecule has 1 N–H and O–H groups in total. The number of unbranched alkanes of at least 4 members (excludes halogenated alkanes) is 1. The Bertz CT molecular complexity index is 548. The van der Waals surface area contributed by atoms with E-state index in [9.17, 15) is 9.59 Å². The maximum Gasteiger partial charge on any atom is 0.408 e. The van der Waals surface area contributed by atoms with Gasteiger partial charge in [-0.1, -0.05) is 25.5 Å². The second-order valence-corrected chi connectivity index (χ2v) is 6.77. The Morgan fingerprint density at radius 2 is 1.80 bits per heavy atom. The summed E-state index contributed by atoms with van der Waals surface area (Å²) >= 11 is 0. The Kier molecular flexibility index (Phi) is 8.25. The van der Waals surface area contributed by atoms with Crippen LogP contribution in [0.2, 0.25) is 0 Å². The third kappa shape index (κ3) is 8.42. The van der Waals surface area contributed by atoms with Gasteiger partial charge in [0.05, 0.1) is 13.7 Å². The van der Waals surface area contributed by atoms with Gasteiger partial charge in [0.25, 0.3) is 0 Å². The van der Waals surface area contributed by atoms with Gasteiger partial charge < -0.3 is 19.5 Å². The van der Waals surface area contributed by atoms with Gasteiger partial charge in [0.1, 0.15) is 17.4 Å². The van der Waals surface area contributed by atoms with E-state index in [1.807, 2.05) is 24.3 Å². The molecule has 25 heavy (non-hydrogen) atoms. The third-order valence-corrected chi connectivity index (χ3v) is 3.31. The fourth-order valence-electron chi connectivity index (χ4n) is 2.08. The van der Waals surface area contributed by atoms with Crippen molar-refractivity contribution in [1.29, 1.82) is 0 Å². The summed E-state index contributed by atoms with van der Waals surface area (Å²) in [5.74, 6) is 0.265. The fourth-order valence-corrected chi connectivity index (χ4v) is 2.08. The first-order chi connectivity index (χ1) is 11.7. The number of benzene rings is 1. The largest absolute Gasteiger partial charge is 0.494 e. The van der Waals surface area contributed by atoms with Crippen LogP contribution < -0.4 is 10.1 Å². The summed E-state index contributed by atoms with van der Waals surface area (Å²) in [7, 11) is 1.29. The SMILES string of the molecule is CCCCOc1ccc(CC(NC(=O)OC(C)(C)C)C(=O)OC)cc1. The zero-order chi connectivity index (χ0) is 18.9. The highest BCUT2D eigenvalue weighted by molar-refractivity contribution is 5.81. The van der Waals surface area contributed by atoms with E-state index in [4.69, 9.17) is 14.2 Å². The molecule has 0 bridgehead atoms. The van der Waals surface area contributed by atoms with Crippen LogP contribution in [0, 0.1) is 0 Å². The van der Waals surface area contributed by atoms with E-state index in [-0.39, 0.29) is 0 Å². The first kappa shape index (κ1) is 20.8. The number of carbonyl (C=O) groups excluding carboxylic acids is 2. The summed E-state index contributed by atoms with van der Waals surface area (Å²) in [5.41, 5.74) is 0.247. The summed E-state index contributed by atoms with van der Waals surface area (Å²) in [4.78, 5) is 23.9. The highest BCUT2D eigenvalue weighted by atomic mass is 16.6. The van der Waals surface area contributed by atoms with E-state index >= 15 is 0 Å². The number of rotatable bonds is 8. The van der Waals surface area contributed by atoms with Gasteiger partial charge in [0, 0.05) is 6.42 Å². The highest BCUT2D eigenvalue weighted by Gasteiger charge is 2.25. The molecule has 6 heteroatoms. The van der Waals surface area contributed by atoms with Crippen molar-refractivity contribution in [3.05, 3.63) is 29.8 Å². The van der Waals surface area contributed by atoms with Gasteiger partial charge in [-0.3, -0.25) is 0 Å². The summed E-state index contributed by atoms with van der Waals surface area (Å²) < 4.78 is 15.6. The number of hydrogen-bond acceptors (Lipinski definition) is 5. The minimum absolute atomic E-state index is 0.307. The normalized spacial score (nSPS) is 12.2. The topological polar surface area (TPSA) is 73.9 Å². The number of hydrogen-bond donors (Lipinski definition) is 1. The van der Waals surface area contributed by atoms with Crippen molar-refractivity contribution in [2.45, 2.75) is 58.6 Å². The monoisotopic (exact) mass is 351 g/mol. The lowest BCUT2D eigenvalue weighted by molar-refractivity contribution is -0.143. The van der Waals surface area contributed by atoms with Crippen molar-refractivity contribution < 1.29 is 23.8 Å².